The molecule has 0 aliphatic carbocycles. The predicted octanol–water partition coefficient (Wildman–Crippen LogP) is 3.92. The average molecular weight is 636 g/mol. The maximum Gasteiger partial charge on any atom is 0.342 e. The molecule has 3 aromatic carbocycles. The van der Waals surface area contributed by atoms with Gasteiger partial charge >= 0.3 is 17.9 Å². The standard InChI is InChI=1S/C34H37NO11/c1-21(35(20-27(36)37)30(39)28(38)34(32(42)43)29(31(40)41)45-33(2,3)46-34)26(19-14-22-10-6-4-7-11-22)23-15-17-25(18-16-23)44-24-12-8-5-9-13-24/h4-13,15-18,21,26,28-29,38H,14,19-20H2,1-3H3,(H,36,37)(H,40,41)(H,42,43). The van der Waals surface area contributed by atoms with Crippen LogP contribution in [0.2, 0.25) is 0 Å². The van der Waals surface area contributed by atoms with Gasteiger partial charge in [-0.05, 0) is 69.0 Å². The molecule has 46 heavy (non-hydrogen) atoms. The average Bonchev–Trinajstić information content (AvgIpc) is 3.33. The van der Waals surface area contributed by atoms with Gasteiger partial charge in [-0.1, -0.05) is 60.7 Å². The molecule has 12 heteroatoms. The molecule has 0 bridgehead atoms. The molecule has 1 fully saturated rings. The van der Waals surface area contributed by atoms with E-state index in [1.165, 1.54) is 13.8 Å². The maximum atomic E-state index is 14.0. The second kappa shape index (κ2) is 14.1. The molecular weight excluding hydrogens is 598 g/mol. The van der Waals surface area contributed by atoms with Crippen molar-refractivity contribution in [3.63, 3.8) is 0 Å². The van der Waals surface area contributed by atoms with Gasteiger partial charge in [0.25, 0.3) is 5.91 Å². The Morgan fingerprint density at radius 2 is 1.43 bits per heavy atom. The quantitative estimate of drug-likeness (QED) is 0.202. The minimum absolute atomic E-state index is 0.429. The number of benzene rings is 3. The number of carboxylic acids is 3. The van der Waals surface area contributed by atoms with Gasteiger partial charge in [0, 0.05) is 12.0 Å². The van der Waals surface area contributed by atoms with E-state index >= 15 is 0 Å². The van der Waals surface area contributed by atoms with Crippen LogP contribution < -0.4 is 4.74 Å². The molecule has 0 aromatic heterocycles. The van der Waals surface area contributed by atoms with E-state index in [4.69, 9.17) is 14.2 Å². The van der Waals surface area contributed by atoms with E-state index in [1.807, 2.05) is 48.5 Å². The van der Waals surface area contributed by atoms with Gasteiger partial charge in [-0.2, -0.15) is 0 Å². The van der Waals surface area contributed by atoms with E-state index in [0.717, 1.165) is 16.0 Å². The topological polar surface area (TPSA) is 180 Å². The van der Waals surface area contributed by atoms with Crippen LogP contribution in [0, 0.1) is 0 Å². The number of carboxylic acid groups (broad SMARTS) is 3. The minimum Gasteiger partial charge on any atom is -0.480 e. The molecule has 5 unspecified atom stereocenters. The maximum absolute atomic E-state index is 14.0. The molecule has 5 atom stereocenters. The third-order valence-electron chi connectivity index (χ3n) is 7.94. The highest BCUT2D eigenvalue weighted by molar-refractivity contribution is 5.97. The Balaban J connectivity index is 1.70. The van der Waals surface area contributed by atoms with Crippen LogP contribution in [0.5, 0.6) is 11.5 Å². The first-order valence-electron chi connectivity index (χ1n) is 14.7. The Morgan fingerprint density at radius 1 is 0.870 bits per heavy atom. The van der Waals surface area contributed by atoms with Gasteiger partial charge in [0.2, 0.25) is 11.7 Å². The molecule has 1 saturated heterocycles. The number of rotatable bonds is 14. The first kappa shape index (κ1) is 34.1. The lowest BCUT2D eigenvalue weighted by Gasteiger charge is -2.38. The van der Waals surface area contributed by atoms with Crippen molar-refractivity contribution >= 4 is 23.8 Å². The van der Waals surface area contributed by atoms with Crippen molar-refractivity contribution in [3.8, 4) is 11.5 Å². The number of aliphatic hydroxyl groups is 1. The monoisotopic (exact) mass is 635 g/mol. The Morgan fingerprint density at radius 3 is 1.98 bits per heavy atom. The number of aliphatic hydroxyl groups excluding tert-OH is 1. The van der Waals surface area contributed by atoms with Crippen LogP contribution in [0.1, 0.15) is 44.2 Å². The Kier molecular flexibility index (Phi) is 10.5. The number of carbonyl (C=O) groups excluding carboxylic acids is 1. The second-order valence-corrected chi connectivity index (χ2v) is 11.6. The van der Waals surface area contributed by atoms with Crippen LogP contribution in [-0.2, 0) is 35.1 Å². The Bertz CT molecular complexity index is 1530. The van der Waals surface area contributed by atoms with Gasteiger partial charge in [-0.15, -0.1) is 0 Å². The van der Waals surface area contributed by atoms with Crippen LogP contribution in [0.3, 0.4) is 0 Å². The van der Waals surface area contributed by atoms with E-state index in [0.29, 0.717) is 24.3 Å². The van der Waals surface area contributed by atoms with Gasteiger partial charge in [-0.3, -0.25) is 9.59 Å². The summed E-state index contributed by atoms with van der Waals surface area (Å²) in [5.41, 5.74) is -1.34. The number of aryl methyl sites for hydroxylation is 1. The molecule has 4 rings (SSSR count). The first-order chi connectivity index (χ1) is 21.7. The molecule has 0 saturated carbocycles. The Hall–Kier alpha value is -4.78. The van der Waals surface area contributed by atoms with Gasteiger partial charge in [-0.25, -0.2) is 9.59 Å². The van der Waals surface area contributed by atoms with E-state index in [-0.39, 0.29) is 0 Å². The molecule has 244 valence electrons. The van der Waals surface area contributed by atoms with Crippen molar-refractivity contribution in [2.24, 2.45) is 0 Å². The lowest BCUT2D eigenvalue weighted by Crippen LogP contribution is -2.65. The molecule has 1 amide bonds. The smallest absolute Gasteiger partial charge is 0.342 e. The van der Waals surface area contributed by atoms with Gasteiger partial charge in [0.05, 0.1) is 0 Å². The molecule has 1 aliphatic rings. The highest BCUT2D eigenvalue weighted by Crippen LogP contribution is 2.41. The SMILES string of the molecule is CC(C(CCc1ccccc1)c1ccc(Oc2ccccc2)cc1)N(CC(=O)O)C(=O)C(O)C1(C(=O)O)OC(C)(C)OC1C(=O)O. The highest BCUT2D eigenvalue weighted by atomic mass is 16.8. The summed E-state index contributed by atoms with van der Waals surface area (Å²) in [6.07, 6.45) is -3.93. The molecular formula is C34H37NO11. The molecule has 3 aromatic rings. The Labute approximate surface area is 265 Å². The first-order valence-corrected chi connectivity index (χ1v) is 14.7. The summed E-state index contributed by atoms with van der Waals surface area (Å²) in [5.74, 6) is -7.64. The van der Waals surface area contributed by atoms with Crippen LogP contribution in [0.15, 0.2) is 84.9 Å². The summed E-state index contributed by atoms with van der Waals surface area (Å²) in [5, 5.41) is 41.0. The van der Waals surface area contributed by atoms with E-state index in [2.05, 4.69) is 0 Å². The van der Waals surface area contributed by atoms with Crippen LogP contribution in [0.4, 0.5) is 0 Å². The molecule has 0 radical (unpaired) electrons. The van der Waals surface area contributed by atoms with Crippen molar-refractivity contribution in [1.82, 2.24) is 4.90 Å². The number of ether oxygens (including phenoxy) is 3. The fraction of sp³-hybridized carbons (Fsp3) is 0.353. The molecule has 1 aliphatic heterocycles. The van der Waals surface area contributed by atoms with Crippen molar-refractivity contribution in [1.29, 1.82) is 0 Å². The van der Waals surface area contributed by atoms with Crippen molar-refractivity contribution < 1.29 is 53.8 Å². The third kappa shape index (κ3) is 7.53. The predicted molar refractivity (Wildman–Crippen MR) is 163 cm³/mol. The number of nitrogens with zero attached hydrogens (tertiary/aromatic N) is 1. The minimum atomic E-state index is -3.06. The number of amides is 1. The van der Waals surface area contributed by atoms with E-state index < -0.39 is 65.9 Å². The van der Waals surface area contributed by atoms with Crippen molar-refractivity contribution in [2.45, 2.75) is 69.2 Å². The summed E-state index contributed by atoms with van der Waals surface area (Å²) < 4.78 is 16.6. The van der Waals surface area contributed by atoms with Gasteiger partial charge in [0.15, 0.2) is 11.9 Å². The summed E-state index contributed by atoms with van der Waals surface area (Å²) in [6, 6.07) is 24.8. The van der Waals surface area contributed by atoms with Gasteiger partial charge in [0.1, 0.15) is 18.0 Å². The fourth-order valence-electron chi connectivity index (χ4n) is 5.75. The van der Waals surface area contributed by atoms with Gasteiger partial charge < -0.3 is 39.5 Å². The van der Waals surface area contributed by atoms with Crippen molar-refractivity contribution in [2.75, 3.05) is 6.54 Å². The zero-order valence-corrected chi connectivity index (χ0v) is 25.6. The lowest BCUT2D eigenvalue weighted by molar-refractivity contribution is -0.207. The number of carbonyl (C=O) groups is 4. The molecule has 0 spiro atoms. The summed E-state index contributed by atoms with van der Waals surface area (Å²) in [7, 11) is 0. The molecule has 1 heterocycles. The fourth-order valence-corrected chi connectivity index (χ4v) is 5.75. The summed E-state index contributed by atoms with van der Waals surface area (Å²) >= 11 is 0. The second-order valence-electron chi connectivity index (χ2n) is 11.6. The summed E-state index contributed by atoms with van der Waals surface area (Å²) in [4.78, 5) is 51.5. The van der Waals surface area contributed by atoms with Crippen molar-refractivity contribution in [3.05, 3.63) is 96.1 Å². The third-order valence-corrected chi connectivity index (χ3v) is 7.94. The zero-order valence-electron chi connectivity index (χ0n) is 25.6. The molecule has 4 N–H and O–H groups in total. The number of hydrogen-bond acceptors (Lipinski definition) is 8. The number of hydrogen-bond donors (Lipinski definition) is 4. The van der Waals surface area contributed by atoms with E-state index in [9.17, 15) is 39.6 Å². The summed E-state index contributed by atoms with van der Waals surface area (Å²) in [6.45, 7) is 3.17. The zero-order chi connectivity index (χ0) is 33.6. The largest absolute Gasteiger partial charge is 0.480 e. The molecule has 12 nitrogen and oxygen atoms in total. The van der Waals surface area contributed by atoms with Crippen LogP contribution in [-0.4, -0.2) is 85.3 Å². The lowest BCUT2D eigenvalue weighted by atomic mass is 9.84. The van der Waals surface area contributed by atoms with Crippen LogP contribution >= 0.6 is 0 Å². The van der Waals surface area contributed by atoms with Crippen LogP contribution in [0.25, 0.3) is 0 Å². The van der Waals surface area contributed by atoms with E-state index in [1.54, 1.807) is 43.3 Å². The number of para-hydroxylation sites is 1. The number of aliphatic carboxylic acids is 3. The highest BCUT2D eigenvalue weighted by Gasteiger charge is 2.68. The normalized spacial score (nSPS) is 20.7.